The normalized spacial score (nSPS) is 19.3. The van der Waals surface area contributed by atoms with Crippen molar-refractivity contribution in [3.05, 3.63) is 94.8 Å². The van der Waals surface area contributed by atoms with Crippen molar-refractivity contribution in [2.24, 2.45) is 0 Å². The first kappa shape index (κ1) is 21.5. The Balaban J connectivity index is 1.61. The van der Waals surface area contributed by atoms with E-state index in [0.29, 0.717) is 24.6 Å². The molecule has 1 unspecified atom stereocenters. The van der Waals surface area contributed by atoms with E-state index in [9.17, 15) is 14.0 Å². The van der Waals surface area contributed by atoms with Crippen molar-refractivity contribution in [1.82, 2.24) is 4.90 Å². The van der Waals surface area contributed by atoms with Crippen molar-refractivity contribution in [2.75, 3.05) is 24.3 Å². The molecule has 2 heterocycles. The summed E-state index contributed by atoms with van der Waals surface area (Å²) in [6.07, 6.45) is 0. The fraction of sp³-hybridized carbons (Fsp3) is 0.231. The SMILES string of the molecule is COc1ccc2c(c1)C1(SCCN1C(=O)c1cccc(F)c1)C(=O)N2Cc1ccc(C)cc1. The summed E-state index contributed by atoms with van der Waals surface area (Å²) >= 11 is 1.44. The molecule has 1 saturated heterocycles. The van der Waals surface area contributed by atoms with E-state index in [1.165, 1.54) is 30.0 Å². The lowest BCUT2D eigenvalue weighted by molar-refractivity contribution is -0.123. The van der Waals surface area contributed by atoms with Crippen molar-refractivity contribution in [2.45, 2.75) is 18.3 Å². The predicted molar refractivity (Wildman–Crippen MR) is 127 cm³/mol. The van der Waals surface area contributed by atoms with Crippen LogP contribution in [0, 0.1) is 12.7 Å². The Morgan fingerprint density at radius 3 is 2.64 bits per heavy atom. The summed E-state index contributed by atoms with van der Waals surface area (Å²) in [5, 5.41) is 0. The van der Waals surface area contributed by atoms with Crippen LogP contribution in [0.5, 0.6) is 5.75 Å². The maximum Gasteiger partial charge on any atom is 0.268 e. The molecular weight excluding hydrogens is 439 g/mol. The molecule has 0 radical (unpaired) electrons. The van der Waals surface area contributed by atoms with E-state index in [4.69, 9.17) is 4.74 Å². The lowest BCUT2D eigenvalue weighted by Gasteiger charge is -2.33. The molecule has 3 aromatic rings. The summed E-state index contributed by atoms with van der Waals surface area (Å²) in [5.74, 6) is 0.200. The lowest BCUT2D eigenvalue weighted by atomic mass is 10.0. The second-order valence-electron chi connectivity index (χ2n) is 8.22. The van der Waals surface area contributed by atoms with Gasteiger partial charge in [0, 0.05) is 23.4 Å². The molecule has 0 aromatic heterocycles. The van der Waals surface area contributed by atoms with Crippen LogP contribution in [0.15, 0.2) is 66.7 Å². The highest BCUT2D eigenvalue weighted by Crippen LogP contribution is 2.55. The molecule has 1 spiro atoms. The average Bonchev–Trinajstić information content (AvgIpc) is 3.36. The minimum Gasteiger partial charge on any atom is -0.497 e. The zero-order chi connectivity index (χ0) is 23.2. The number of nitrogens with zero attached hydrogens (tertiary/aromatic N) is 2. The number of methoxy groups -OCH3 is 1. The van der Waals surface area contributed by atoms with Crippen LogP contribution < -0.4 is 9.64 Å². The standard InChI is InChI=1S/C26H23FN2O3S/c1-17-6-8-18(9-7-17)16-28-23-11-10-21(32-2)15-22(23)26(25(28)31)29(12-13-33-26)24(30)19-4-3-5-20(27)14-19/h3-11,14-15H,12-13,16H2,1-2H3. The summed E-state index contributed by atoms with van der Waals surface area (Å²) in [6.45, 7) is 2.80. The van der Waals surface area contributed by atoms with Gasteiger partial charge < -0.3 is 14.5 Å². The minimum absolute atomic E-state index is 0.168. The molecule has 1 atom stereocenters. The van der Waals surface area contributed by atoms with Crippen LogP contribution in [-0.4, -0.2) is 36.1 Å². The summed E-state index contributed by atoms with van der Waals surface area (Å²) in [7, 11) is 1.58. The monoisotopic (exact) mass is 462 g/mol. The zero-order valence-corrected chi connectivity index (χ0v) is 19.2. The molecule has 5 nitrogen and oxygen atoms in total. The number of carbonyl (C=O) groups excluding carboxylic acids is 2. The summed E-state index contributed by atoms with van der Waals surface area (Å²) in [5.41, 5.74) is 3.86. The molecule has 2 aliphatic rings. The van der Waals surface area contributed by atoms with Gasteiger partial charge in [0.1, 0.15) is 11.6 Å². The topological polar surface area (TPSA) is 49.9 Å². The summed E-state index contributed by atoms with van der Waals surface area (Å²) in [6, 6.07) is 19.2. The fourth-order valence-electron chi connectivity index (χ4n) is 4.53. The van der Waals surface area contributed by atoms with Gasteiger partial charge in [0.15, 0.2) is 4.87 Å². The first-order valence-electron chi connectivity index (χ1n) is 10.7. The van der Waals surface area contributed by atoms with Gasteiger partial charge >= 0.3 is 0 Å². The fourth-order valence-corrected chi connectivity index (χ4v) is 5.98. The van der Waals surface area contributed by atoms with Crippen LogP contribution in [0.1, 0.15) is 27.0 Å². The maximum absolute atomic E-state index is 14.1. The van der Waals surface area contributed by atoms with Gasteiger partial charge in [0.25, 0.3) is 11.8 Å². The number of fused-ring (bicyclic) bond motifs is 2. The zero-order valence-electron chi connectivity index (χ0n) is 18.4. The summed E-state index contributed by atoms with van der Waals surface area (Å²) in [4.78, 5) is 29.7. The van der Waals surface area contributed by atoms with Gasteiger partial charge in [0.2, 0.25) is 0 Å². The van der Waals surface area contributed by atoms with Crippen molar-refractivity contribution < 1.29 is 18.7 Å². The summed E-state index contributed by atoms with van der Waals surface area (Å²) < 4.78 is 19.3. The van der Waals surface area contributed by atoms with E-state index in [0.717, 1.165) is 22.4 Å². The van der Waals surface area contributed by atoms with Gasteiger partial charge in [-0.05, 0) is 48.9 Å². The third kappa shape index (κ3) is 3.47. The Labute approximate surface area is 196 Å². The maximum atomic E-state index is 14.1. The first-order valence-corrected chi connectivity index (χ1v) is 11.7. The van der Waals surface area contributed by atoms with Gasteiger partial charge in [-0.15, -0.1) is 11.8 Å². The van der Waals surface area contributed by atoms with Crippen LogP contribution in [0.3, 0.4) is 0 Å². The van der Waals surface area contributed by atoms with Gasteiger partial charge in [-0.1, -0.05) is 35.9 Å². The molecule has 0 saturated carbocycles. The van der Waals surface area contributed by atoms with Gasteiger partial charge in [-0.25, -0.2) is 4.39 Å². The van der Waals surface area contributed by atoms with E-state index in [2.05, 4.69) is 0 Å². The van der Waals surface area contributed by atoms with Crippen LogP contribution in [0.4, 0.5) is 10.1 Å². The van der Waals surface area contributed by atoms with Crippen LogP contribution in [-0.2, 0) is 16.2 Å². The Morgan fingerprint density at radius 1 is 1.12 bits per heavy atom. The molecule has 1 fully saturated rings. The van der Waals surface area contributed by atoms with Crippen molar-refractivity contribution in [1.29, 1.82) is 0 Å². The van der Waals surface area contributed by atoms with E-state index < -0.39 is 10.7 Å². The Morgan fingerprint density at radius 2 is 1.91 bits per heavy atom. The highest BCUT2D eigenvalue weighted by Gasteiger charge is 2.59. The second kappa shape index (κ2) is 8.23. The first-order chi connectivity index (χ1) is 15.9. The molecule has 5 rings (SSSR count). The van der Waals surface area contributed by atoms with Gasteiger partial charge in [-0.2, -0.15) is 0 Å². The Bertz CT molecular complexity index is 1250. The molecule has 7 heteroatoms. The number of hydrogen-bond acceptors (Lipinski definition) is 4. The molecule has 33 heavy (non-hydrogen) atoms. The number of halogens is 1. The average molecular weight is 463 g/mol. The van der Waals surface area contributed by atoms with E-state index in [1.54, 1.807) is 23.0 Å². The quantitative estimate of drug-likeness (QED) is 0.563. The number of benzene rings is 3. The van der Waals surface area contributed by atoms with E-state index in [-0.39, 0.29) is 17.4 Å². The molecule has 0 bridgehead atoms. The number of carbonyl (C=O) groups is 2. The Hall–Kier alpha value is -3.32. The third-order valence-electron chi connectivity index (χ3n) is 6.18. The number of anilines is 1. The minimum atomic E-state index is -1.21. The molecule has 168 valence electrons. The molecule has 3 aromatic carbocycles. The number of thioether (sulfide) groups is 1. The Kier molecular flexibility index (Phi) is 5.37. The van der Waals surface area contributed by atoms with Gasteiger partial charge in [-0.3, -0.25) is 9.59 Å². The smallest absolute Gasteiger partial charge is 0.268 e. The number of ether oxygens (including phenoxy) is 1. The van der Waals surface area contributed by atoms with Crippen molar-refractivity contribution >= 4 is 29.3 Å². The second-order valence-corrected chi connectivity index (χ2v) is 9.51. The number of rotatable bonds is 4. The molecule has 2 aliphatic heterocycles. The van der Waals surface area contributed by atoms with Crippen LogP contribution in [0.2, 0.25) is 0 Å². The molecule has 0 N–H and O–H groups in total. The number of aryl methyl sites for hydroxylation is 1. The molecule has 2 amide bonds. The molecular formula is C26H23FN2O3S. The van der Waals surface area contributed by atoms with E-state index in [1.807, 2.05) is 49.4 Å². The van der Waals surface area contributed by atoms with Crippen LogP contribution in [0.25, 0.3) is 0 Å². The highest BCUT2D eigenvalue weighted by molar-refractivity contribution is 8.01. The third-order valence-corrected chi connectivity index (χ3v) is 7.60. The van der Waals surface area contributed by atoms with Crippen molar-refractivity contribution in [3.63, 3.8) is 0 Å². The number of hydrogen-bond donors (Lipinski definition) is 0. The predicted octanol–water partition coefficient (Wildman–Crippen LogP) is 4.73. The largest absolute Gasteiger partial charge is 0.497 e. The lowest BCUT2D eigenvalue weighted by Crippen LogP contribution is -2.50. The van der Waals surface area contributed by atoms with Gasteiger partial charge in [0.05, 0.1) is 19.3 Å². The highest BCUT2D eigenvalue weighted by atomic mass is 32.2. The van der Waals surface area contributed by atoms with E-state index >= 15 is 0 Å². The van der Waals surface area contributed by atoms with Crippen LogP contribution >= 0.6 is 11.8 Å². The van der Waals surface area contributed by atoms with Crippen molar-refractivity contribution in [3.8, 4) is 5.75 Å². The molecule has 0 aliphatic carbocycles. The number of amides is 2.